The molecule has 106 valence electrons. The fraction of sp³-hybridized carbons (Fsp3) is 0.625. The van der Waals surface area contributed by atoms with E-state index in [1.807, 2.05) is 0 Å². The van der Waals surface area contributed by atoms with Gasteiger partial charge in [-0.2, -0.15) is 12.6 Å². The normalized spacial score (nSPS) is 18.7. The summed E-state index contributed by atoms with van der Waals surface area (Å²) in [5.41, 5.74) is 3.13. The molecule has 0 N–H and O–H groups in total. The highest BCUT2D eigenvalue weighted by Gasteiger charge is 2.32. The summed E-state index contributed by atoms with van der Waals surface area (Å²) in [5.74, 6) is 0.953. The van der Waals surface area contributed by atoms with Crippen LogP contribution in [0.25, 0.3) is 0 Å². The van der Waals surface area contributed by atoms with E-state index in [-0.39, 0.29) is 0 Å². The molecule has 1 aliphatic rings. The zero-order chi connectivity index (χ0) is 13.7. The van der Waals surface area contributed by atoms with Crippen molar-refractivity contribution in [1.29, 1.82) is 0 Å². The third-order valence-corrected chi connectivity index (χ3v) is 4.87. The maximum atomic E-state index is 5.49. The van der Waals surface area contributed by atoms with Gasteiger partial charge in [0.1, 0.15) is 0 Å². The van der Waals surface area contributed by atoms with Gasteiger partial charge in [0.05, 0.1) is 0 Å². The first-order chi connectivity index (χ1) is 9.15. The average Bonchev–Trinajstić information content (AvgIpc) is 2.42. The van der Waals surface area contributed by atoms with Crippen LogP contribution in [0.5, 0.6) is 0 Å². The minimum Gasteiger partial charge on any atom is -0.381 e. The van der Waals surface area contributed by atoms with Gasteiger partial charge in [-0.1, -0.05) is 24.3 Å². The van der Waals surface area contributed by atoms with Gasteiger partial charge < -0.3 is 9.64 Å². The summed E-state index contributed by atoms with van der Waals surface area (Å²) >= 11 is 4.59. The van der Waals surface area contributed by atoms with E-state index in [2.05, 4.69) is 55.8 Å². The molecular weight excluding hydrogens is 254 g/mol. The molecule has 0 amide bonds. The molecular formula is C16H25NOS. The van der Waals surface area contributed by atoms with Crippen molar-refractivity contribution < 1.29 is 4.74 Å². The Balaban J connectivity index is 1.96. The molecule has 1 aromatic carbocycles. The summed E-state index contributed by atoms with van der Waals surface area (Å²) in [6.07, 6.45) is 2.27. The lowest BCUT2D eigenvalue weighted by Crippen LogP contribution is -2.41. The Morgan fingerprint density at radius 2 is 1.95 bits per heavy atom. The second kappa shape index (κ2) is 6.78. The minimum absolute atomic E-state index is 0.332. The van der Waals surface area contributed by atoms with Gasteiger partial charge in [-0.3, -0.25) is 0 Å². The van der Waals surface area contributed by atoms with Crippen molar-refractivity contribution in [2.45, 2.75) is 26.3 Å². The summed E-state index contributed by atoms with van der Waals surface area (Å²) in [5, 5.41) is 0. The van der Waals surface area contributed by atoms with Crippen molar-refractivity contribution in [2.75, 3.05) is 32.6 Å². The summed E-state index contributed by atoms with van der Waals surface area (Å²) in [6.45, 7) is 6.08. The van der Waals surface area contributed by atoms with E-state index in [9.17, 15) is 0 Å². The molecule has 0 spiro atoms. The van der Waals surface area contributed by atoms with Gasteiger partial charge in [-0.15, -0.1) is 0 Å². The first-order valence-electron chi connectivity index (χ1n) is 7.07. The number of hydrogen-bond donors (Lipinski definition) is 1. The second-order valence-electron chi connectivity index (χ2n) is 5.87. The van der Waals surface area contributed by atoms with Crippen molar-refractivity contribution in [1.82, 2.24) is 4.90 Å². The standard InChI is InChI=1S/C16H25NOS/c1-14-5-3-4-6-15(14)11-17(2)12-16(13-19)7-9-18-10-8-16/h3-6,19H,7-13H2,1-2H3. The Hall–Kier alpha value is -0.510. The van der Waals surface area contributed by atoms with E-state index in [0.29, 0.717) is 5.41 Å². The average molecular weight is 279 g/mol. The van der Waals surface area contributed by atoms with Crippen LogP contribution in [0.1, 0.15) is 24.0 Å². The fourth-order valence-electron chi connectivity index (χ4n) is 2.88. The largest absolute Gasteiger partial charge is 0.381 e. The van der Waals surface area contributed by atoms with Gasteiger partial charge in [0.15, 0.2) is 0 Å². The number of hydrogen-bond acceptors (Lipinski definition) is 3. The summed E-state index contributed by atoms with van der Waals surface area (Å²) < 4.78 is 5.49. The van der Waals surface area contributed by atoms with Gasteiger partial charge in [0, 0.05) is 26.3 Å². The molecule has 0 bridgehead atoms. The van der Waals surface area contributed by atoms with Gasteiger partial charge in [-0.25, -0.2) is 0 Å². The molecule has 0 aliphatic carbocycles. The molecule has 2 nitrogen and oxygen atoms in total. The summed E-state index contributed by atoms with van der Waals surface area (Å²) in [6, 6.07) is 8.64. The van der Waals surface area contributed by atoms with Crippen LogP contribution in [-0.4, -0.2) is 37.5 Å². The Labute approximate surface area is 122 Å². The fourth-order valence-corrected chi connectivity index (χ4v) is 3.29. The highest BCUT2D eigenvalue weighted by atomic mass is 32.1. The molecule has 0 atom stereocenters. The van der Waals surface area contributed by atoms with Crippen molar-refractivity contribution in [2.24, 2.45) is 5.41 Å². The van der Waals surface area contributed by atoms with E-state index >= 15 is 0 Å². The Morgan fingerprint density at radius 1 is 1.26 bits per heavy atom. The van der Waals surface area contributed by atoms with Crippen molar-refractivity contribution >= 4 is 12.6 Å². The molecule has 1 heterocycles. The Kier molecular flexibility index (Phi) is 5.31. The first kappa shape index (κ1) is 14.9. The van der Waals surface area contributed by atoms with Crippen LogP contribution in [0.4, 0.5) is 0 Å². The van der Waals surface area contributed by atoms with Crippen LogP contribution >= 0.6 is 12.6 Å². The summed E-state index contributed by atoms with van der Waals surface area (Å²) in [7, 11) is 2.22. The molecule has 0 saturated carbocycles. The lowest BCUT2D eigenvalue weighted by Gasteiger charge is -2.39. The molecule has 0 unspecified atom stereocenters. The van der Waals surface area contributed by atoms with E-state index in [1.165, 1.54) is 11.1 Å². The van der Waals surface area contributed by atoms with Gasteiger partial charge >= 0.3 is 0 Å². The predicted octanol–water partition coefficient (Wildman–Crippen LogP) is 3.15. The lowest BCUT2D eigenvalue weighted by atomic mass is 9.81. The second-order valence-corrected chi connectivity index (χ2v) is 6.19. The Bertz CT molecular complexity index is 401. The molecule has 3 heteroatoms. The van der Waals surface area contributed by atoms with Crippen molar-refractivity contribution in [3.8, 4) is 0 Å². The monoisotopic (exact) mass is 279 g/mol. The maximum absolute atomic E-state index is 5.49. The van der Waals surface area contributed by atoms with Crippen molar-refractivity contribution in [3.05, 3.63) is 35.4 Å². The molecule has 0 radical (unpaired) electrons. The van der Waals surface area contributed by atoms with Gasteiger partial charge in [-0.05, 0) is 49.1 Å². The smallest absolute Gasteiger partial charge is 0.0472 e. The topological polar surface area (TPSA) is 12.5 Å². The van der Waals surface area contributed by atoms with E-state index in [4.69, 9.17) is 4.74 Å². The summed E-state index contributed by atoms with van der Waals surface area (Å²) in [4.78, 5) is 2.43. The van der Waals surface area contributed by atoms with Crippen LogP contribution in [0, 0.1) is 12.3 Å². The van der Waals surface area contributed by atoms with Crippen LogP contribution in [0.2, 0.25) is 0 Å². The van der Waals surface area contributed by atoms with Crippen LogP contribution < -0.4 is 0 Å². The molecule has 1 aromatic rings. The maximum Gasteiger partial charge on any atom is 0.0472 e. The number of rotatable bonds is 5. The number of thiol groups is 1. The number of aryl methyl sites for hydroxylation is 1. The van der Waals surface area contributed by atoms with E-state index in [1.54, 1.807) is 0 Å². The lowest BCUT2D eigenvalue weighted by molar-refractivity contribution is 0.0105. The van der Waals surface area contributed by atoms with E-state index < -0.39 is 0 Å². The molecule has 2 rings (SSSR count). The van der Waals surface area contributed by atoms with E-state index in [0.717, 1.165) is 44.9 Å². The number of ether oxygens (including phenoxy) is 1. The minimum atomic E-state index is 0.332. The molecule has 1 saturated heterocycles. The highest BCUT2D eigenvalue weighted by molar-refractivity contribution is 7.80. The predicted molar refractivity (Wildman–Crippen MR) is 83.9 cm³/mol. The van der Waals surface area contributed by atoms with Gasteiger partial charge in [0.2, 0.25) is 0 Å². The number of benzene rings is 1. The van der Waals surface area contributed by atoms with Crippen LogP contribution in [0.15, 0.2) is 24.3 Å². The first-order valence-corrected chi connectivity index (χ1v) is 7.70. The molecule has 0 aromatic heterocycles. The molecule has 1 aliphatic heterocycles. The third-order valence-electron chi connectivity index (χ3n) is 4.20. The zero-order valence-corrected chi connectivity index (χ0v) is 13.0. The quantitative estimate of drug-likeness (QED) is 0.831. The zero-order valence-electron chi connectivity index (χ0n) is 12.1. The third kappa shape index (κ3) is 3.98. The molecule has 1 fully saturated rings. The SMILES string of the molecule is Cc1ccccc1CN(C)CC1(CS)CCOCC1. The van der Waals surface area contributed by atoms with Crippen LogP contribution in [0.3, 0.4) is 0 Å². The molecule has 19 heavy (non-hydrogen) atoms. The highest BCUT2D eigenvalue weighted by Crippen LogP contribution is 2.32. The van der Waals surface area contributed by atoms with Crippen molar-refractivity contribution in [3.63, 3.8) is 0 Å². The number of nitrogens with zero attached hydrogens (tertiary/aromatic N) is 1. The van der Waals surface area contributed by atoms with Crippen LogP contribution in [-0.2, 0) is 11.3 Å². The Morgan fingerprint density at radius 3 is 2.58 bits per heavy atom. The van der Waals surface area contributed by atoms with Gasteiger partial charge in [0.25, 0.3) is 0 Å².